The van der Waals surface area contributed by atoms with E-state index in [0.29, 0.717) is 10.7 Å². The number of halogens is 3. The van der Waals surface area contributed by atoms with Crippen molar-refractivity contribution in [3.8, 4) is 5.69 Å². The van der Waals surface area contributed by atoms with Crippen LogP contribution < -0.4 is 5.43 Å². The topological polar surface area (TPSA) is 72.2 Å². The maximum Gasteiger partial charge on any atom is 0.360 e. The van der Waals surface area contributed by atoms with Gasteiger partial charge in [0, 0.05) is 11.8 Å². The van der Waals surface area contributed by atoms with Crippen LogP contribution in [0.25, 0.3) is 5.69 Å². The summed E-state index contributed by atoms with van der Waals surface area (Å²) < 4.78 is 40.3. The van der Waals surface area contributed by atoms with Gasteiger partial charge in [-0.3, -0.25) is 4.79 Å². The molecule has 0 amide bonds. The molecule has 0 bridgehead atoms. The molecule has 0 unspecified atom stereocenters. The van der Waals surface area contributed by atoms with Gasteiger partial charge >= 0.3 is 5.97 Å². The number of carbonyl (C=O) groups is 1. The third kappa shape index (κ3) is 2.15. The van der Waals surface area contributed by atoms with E-state index in [1.807, 2.05) is 0 Å². The molecule has 5 nitrogen and oxygen atoms in total. The molecule has 0 saturated heterocycles. The van der Waals surface area contributed by atoms with Gasteiger partial charge in [-0.25, -0.2) is 22.6 Å². The van der Waals surface area contributed by atoms with E-state index in [1.54, 1.807) is 0 Å². The fourth-order valence-corrected chi connectivity index (χ4v) is 1.57. The highest BCUT2D eigenvalue weighted by atomic mass is 19.2. The molecule has 0 spiro atoms. The Bertz CT molecular complexity index is 771. The lowest BCUT2D eigenvalue weighted by Crippen LogP contribution is -2.23. The first-order chi connectivity index (χ1) is 9.32. The zero-order chi connectivity index (χ0) is 15.0. The van der Waals surface area contributed by atoms with Gasteiger partial charge in [-0.1, -0.05) is 0 Å². The average molecular weight is 284 g/mol. The van der Waals surface area contributed by atoms with Crippen molar-refractivity contribution in [2.45, 2.75) is 6.92 Å². The molecule has 1 heterocycles. The van der Waals surface area contributed by atoms with Gasteiger partial charge < -0.3 is 5.11 Å². The van der Waals surface area contributed by atoms with Crippen LogP contribution in [-0.4, -0.2) is 20.9 Å². The average Bonchev–Trinajstić information content (AvgIpc) is 2.39. The van der Waals surface area contributed by atoms with Crippen LogP contribution in [0.5, 0.6) is 0 Å². The van der Waals surface area contributed by atoms with Crippen LogP contribution in [0.15, 0.2) is 23.1 Å². The van der Waals surface area contributed by atoms with Crippen LogP contribution in [-0.2, 0) is 0 Å². The van der Waals surface area contributed by atoms with Crippen molar-refractivity contribution in [2.75, 3.05) is 0 Å². The van der Waals surface area contributed by atoms with Gasteiger partial charge in [0.1, 0.15) is 5.69 Å². The molecular formula is C12H7F3N2O3. The molecule has 2 rings (SSSR count). The minimum atomic E-state index is -1.71. The fraction of sp³-hybridized carbons (Fsp3) is 0.0833. The quantitative estimate of drug-likeness (QED) is 0.851. The highest BCUT2D eigenvalue weighted by Crippen LogP contribution is 2.18. The van der Waals surface area contributed by atoms with Crippen LogP contribution >= 0.6 is 0 Å². The van der Waals surface area contributed by atoms with E-state index in [4.69, 9.17) is 5.11 Å². The number of aromatic carboxylic acids is 1. The Labute approximate surface area is 109 Å². The summed E-state index contributed by atoms with van der Waals surface area (Å²) in [6.45, 7) is 1.30. The van der Waals surface area contributed by atoms with Crippen molar-refractivity contribution in [2.24, 2.45) is 0 Å². The largest absolute Gasteiger partial charge is 0.476 e. The molecule has 1 aromatic carbocycles. The summed E-state index contributed by atoms with van der Waals surface area (Å²) in [6.07, 6.45) is 1.03. The normalized spacial score (nSPS) is 10.6. The predicted octanol–water partition coefficient (Wildman–Crippen LogP) is 1.66. The van der Waals surface area contributed by atoms with Gasteiger partial charge in [-0.05, 0) is 19.1 Å². The Morgan fingerprint density at radius 2 is 1.90 bits per heavy atom. The maximum absolute atomic E-state index is 13.6. The summed E-state index contributed by atoms with van der Waals surface area (Å²) in [4.78, 5) is 22.4. The van der Waals surface area contributed by atoms with Crippen molar-refractivity contribution < 1.29 is 23.1 Å². The standard InChI is InChI=1S/C12H7F3N2O3/c1-5-4-17(16-10(11(5)18)12(19)20)7-3-2-6(13)8(14)9(7)15/h2-4H,1H3,(H,19,20). The zero-order valence-electron chi connectivity index (χ0n) is 10.0. The van der Waals surface area contributed by atoms with Gasteiger partial charge in [0.05, 0.1) is 0 Å². The molecule has 1 N–H and O–H groups in total. The number of aryl methyl sites for hydroxylation is 1. The zero-order valence-corrected chi connectivity index (χ0v) is 10.0. The summed E-state index contributed by atoms with van der Waals surface area (Å²) in [5.74, 6) is -6.23. The van der Waals surface area contributed by atoms with E-state index in [9.17, 15) is 22.8 Å². The molecule has 0 aliphatic carbocycles. The molecule has 1 aromatic heterocycles. The molecule has 0 saturated carbocycles. The van der Waals surface area contributed by atoms with Gasteiger partial charge in [-0.2, -0.15) is 5.10 Å². The summed E-state index contributed by atoms with van der Waals surface area (Å²) in [5.41, 5.74) is -2.21. The van der Waals surface area contributed by atoms with Crippen LogP contribution in [0.4, 0.5) is 13.2 Å². The molecule has 0 aliphatic heterocycles. The molecule has 0 fully saturated rings. The van der Waals surface area contributed by atoms with Crippen molar-refractivity contribution in [1.82, 2.24) is 9.78 Å². The molecule has 2 aromatic rings. The van der Waals surface area contributed by atoms with E-state index in [0.717, 1.165) is 12.3 Å². The fourth-order valence-electron chi connectivity index (χ4n) is 1.57. The second-order valence-electron chi connectivity index (χ2n) is 3.93. The smallest absolute Gasteiger partial charge is 0.360 e. The Balaban J connectivity index is 2.74. The van der Waals surface area contributed by atoms with Crippen LogP contribution in [0.1, 0.15) is 16.1 Å². The molecule has 104 valence electrons. The summed E-state index contributed by atoms with van der Waals surface area (Å²) >= 11 is 0. The Kier molecular flexibility index (Phi) is 3.31. The summed E-state index contributed by atoms with van der Waals surface area (Å²) in [7, 11) is 0. The SMILES string of the molecule is Cc1cn(-c2ccc(F)c(F)c2F)nc(C(=O)O)c1=O. The van der Waals surface area contributed by atoms with Gasteiger partial charge in [0.15, 0.2) is 17.5 Å². The maximum atomic E-state index is 13.6. The van der Waals surface area contributed by atoms with Crippen molar-refractivity contribution in [3.63, 3.8) is 0 Å². The third-order valence-corrected chi connectivity index (χ3v) is 2.56. The molecule has 20 heavy (non-hydrogen) atoms. The lowest BCUT2D eigenvalue weighted by atomic mass is 10.2. The van der Waals surface area contributed by atoms with E-state index in [2.05, 4.69) is 5.10 Å². The first kappa shape index (κ1) is 13.8. The minimum Gasteiger partial charge on any atom is -0.476 e. The van der Waals surface area contributed by atoms with Crippen LogP contribution in [0.2, 0.25) is 0 Å². The van der Waals surface area contributed by atoms with E-state index >= 15 is 0 Å². The predicted molar refractivity (Wildman–Crippen MR) is 61.4 cm³/mol. The van der Waals surface area contributed by atoms with E-state index in [-0.39, 0.29) is 5.56 Å². The minimum absolute atomic E-state index is 0.0264. The summed E-state index contributed by atoms with van der Waals surface area (Å²) in [5, 5.41) is 12.2. The Hall–Kier alpha value is -2.64. The number of hydrogen-bond donors (Lipinski definition) is 1. The van der Waals surface area contributed by atoms with Crippen LogP contribution in [0.3, 0.4) is 0 Å². The van der Waals surface area contributed by atoms with Gasteiger partial charge in [0.2, 0.25) is 11.1 Å². The monoisotopic (exact) mass is 284 g/mol. The lowest BCUT2D eigenvalue weighted by molar-refractivity contribution is 0.0686. The number of carboxylic acids is 1. The van der Waals surface area contributed by atoms with Crippen LogP contribution in [0, 0.1) is 24.4 Å². The first-order valence-corrected chi connectivity index (χ1v) is 5.30. The summed E-state index contributed by atoms with van der Waals surface area (Å²) in [6, 6.07) is 1.56. The highest BCUT2D eigenvalue weighted by Gasteiger charge is 2.18. The second-order valence-corrected chi connectivity index (χ2v) is 3.93. The van der Waals surface area contributed by atoms with E-state index in [1.165, 1.54) is 6.92 Å². The molecule has 0 aliphatic rings. The van der Waals surface area contributed by atoms with E-state index < -0.39 is 40.2 Å². The lowest BCUT2D eigenvalue weighted by Gasteiger charge is -2.09. The third-order valence-electron chi connectivity index (χ3n) is 2.56. The number of rotatable bonds is 2. The molecule has 0 atom stereocenters. The van der Waals surface area contributed by atoms with Gasteiger partial charge in [-0.15, -0.1) is 0 Å². The molecule has 8 heteroatoms. The van der Waals surface area contributed by atoms with Crippen molar-refractivity contribution in [1.29, 1.82) is 0 Å². The number of carboxylic acid groups (broad SMARTS) is 1. The Morgan fingerprint density at radius 3 is 2.50 bits per heavy atom. The number of nitrogens with zero attached hydrogens (tertiary/aromatic N) is 2. The van der Waals surface area contributed by atoms with Gasteiger partial charge in [0.25, 0.3) is 0 Å². The second kappa shape index (κ2) is 4.80. The van der Waals surface area contributed by atoms with Crippen molar-refractivity contribution in [3.05, 3.63) is 57.3 Å². The van der Waals surface area contributed by atoms with Crippen molar-refractivity contribution >= 4 is 5.97 Å². The first-order valence-electron chi connectivity index (χ1n) is 5.30. The highest BCUT2D eigenvalue weighted by molar-refractivity contribution is 5.85. The number of hydrogen-bond acceptors (Lipinski definition) is 3. The Morgan fingerprint density at radius 1 is 1.25 bits per heavy atom. The molecular weight excluding hydrogens is 277 g/mol. The molecule has 0 radical (unpaired) electrons. The number of benzene rings is 1. The number of aromatic nitrogens is 2.